The van der Waals surface area contributed by atoms with Gasteiger partial charge in [-0.1, -0.05) is 83.9 Å². The number of hydrogen-bond acceptors (Lipinski definition) is 5. The average molecular weight is 641 g/mol. The molecule has 0 aliphatic rings. The van der Waals surface area contributed by atoms with Gasteiger partial charge in [-0.05, 0) is 53.6 Å². The minimum Gasteiger partial charge on any atom is -0.495 e. The standard InChI is InChI=1S/C32H31Cl2N3O5S/c1-35-32(39)29(19-23-9-5-3-6-10-23)36(21-24-13-15-25(33)16-14-24)31(38)22-37(26-17-18-30(42-2)28(34)20-26)43(40,41)27-11-7-4-8-12-27/h3-18,20,29H,19,21-22H2,1-2H3,(H,35,39)/t29-/m0/s1. The molecular formula is C32H31Cl2N3O5S. The molecule has 0 radical (unpaired) electrons. The van der Waals surface area contributed by atoms with E-state index in [1.807, 2.05) is 30.3 Å². The molecule has 0 unspecified atom stereocenters. The molecule has 0 spiro atoms. The van der Waals surface area contributed by atoms with Crippen molar-refractivity contribution < 1.29 is 22.7 Å². The summed E-state index contributed by atoms with van der Waals surface area (Å²) < 4.78 is 34.2. The quantitative estimate of drug-likeness (QED) is 0.218. The van der Waals surface area contributed by atoms with Gasteiger partial charge in [0.25, 0.3) is 10.0 Å². The maximum Gasteiger partial charge on any atom is 0.264 e. The van der Waals surface area contributed by atoms with Gasteiger partial charge in [-0.2, -0.15) is 0 Å². The SMILES string of the molecule is CNC(=O)[C@H](Cc1ccccc1)N(Cc1ccc(Cl)cc1)C(=O)CN(c1ccc(OC)c(Cl)c1)S(=O)(=O)c1ccccc1. The molecule has 0 aliphatic carbocycles. The number of carbonyl (C=O) groups excluding carboxylic acids is 2. The van der Waals surface area contributed by atoms with Gasteiger partial charge in [0.1, 0.15) is 18.3 Å². The van der Waals surface area contributed by atoms with Crippen LogP contribution in [0.2, 0.25) is 10.0 Å². The molecule has 0 bridgehead atoms. The van der Waals surface area contributed by atoms with Crippen molar-refractivity contribution in [2.45, 2.75) is 23.9 Å². The summed E-state index contributed by atoms with van der Waals surface area (Å²) >= 11 is 12.5. The molecule has 43 heavy (non-hydrogen) atoms. The van der Waals surface area contributed by atoms with E-state index in [-0.39, 0.29) is 28.6 Å². The third-order valence-corrected chi connectivity index (χ3v) is 9.15. The zero-order chi connectivity index (χ0) is 31.0. The monoisotopic (exact) mass is 639 g/mol. The smallest absolute Gasteiger partial charge is 0.264 e. The first-order valence-electron chi connectivity index (χ1n) is 13.3. The molecule has 8 nitrogen and oxygen atoms in total. The fourth-order valence-corrected chi connectivity index (χ4v) is 6.37. The first-order valence-corrected chi connectivity index (χ1v) is 15.5. The number of halogens is 2. The summed E-state index contributed by atoms with van der Waals surface area (Å²) in [6.45, 7) is -0.570. The predicted octanol–water partition coefficient (Wildman–Crippen LogP) is 5.58. The Morgan fingerprint density at radius 2 is 1.49 bits per heavy atom. The number of nitrogens with one attached hydrogen (secondary N) is 1. The second kappa shape index (κ2) is 14.4. The van der Waals surface area contributed by atoms with E-state index in [1.165, 1.54) is 49.4 Å². The minimum atomic E-state index is -4.24. The molecule has 1 N–H and O–H groups in total. The van der Waals surface area contributed by atoms with Crippen LogP contribution in [-0.4, -0.2) is 51.9 Å². The number of ether oxygens (including phenoxy) is 1. The summed E-state index contributed by atoms with van der Waals surface area (Å²) in [4.78, 5) is 29.0. The third-order valence-electron chi connectivity index (χ3n) is 6.82. The Hall–Kier alpha value is -4.05. The summed E-state index contributed by atoms with van der Waals surface area (Å²) in [5.74, 6) is -0.636. The van der Waals surface area contributed by atoms with Gasteiger partial charge in [0, 0.05) is 25.0 Å². The maximum atomic E-state index is 14.3. The molecule has 0 saturated heterocycles. The normalized spacial score (nSPS) is 11.8. The molecule has 11 heteroatoms. The molecule has 224 valence electrons. The average Bonchev–Trinajstić information content (AvgIpc) is 3.02. The van der Waals surface area contributed by atoms with Gasteiger partial charge in [0.15, 0.2) is 0 Å². The van der Waals surface area contributed by atoms with Gasteiger partial charge in [-0.3, -0.25) is 13.9 Å². The van der Waals surface area contributed by atoms with Crippen LogP contribution in [0.3, 0.4) is 0 Å². The Morgan fingerprint density at radius 3 is 2.07 bits per heavy atom. The lowest BCUT2D eigenvalue weighted by Gasteiger charge is -2.33. The predicted molar refractivity (Wildman–Crippen MR) is 169 cm³/mol. The molecule has 0 fully saturated rings. The van der Waals surface area contributed by atoms with Gasteiger partial charge >= 0.3 is 0 Å². The van der Waals surface area contributed by atoms with Crippen LogP contribution < -0.4 is 14.4 Å². The zero-order valence-electron chi connectivity index (χ0n) is 23.6. The lowest BCUT2D eigenvalue weighted by atomic mass is 10.0. The molecule has 4 aromatic rings. The van der Waals surface area contributed by atoms with E-state index < -0.39 is 34.4 Å². The van der Waals surface area contributed by atoms with Crippen LogP contribution >= 0.6 is 23.2 Å². The summed E-state index contributed by atoms with van der Waals surface area (Å²) in [6, 6.07) is 27.5. The van der Waals surface area contributed by atoms with Crippen molar-refractivity contribution in [2.24, 2.45) is 0 Å². The highest BCUT2D eigenvalue weighted by atomic mass is 35.5. The van der Waals surface area contributed by atoms with Crippen LogP contribution in [0.4, 0.5) is 5.69 Å². The molecule has 4 aromatic carbocycles. The highest BCUT2D eigenvalue weighted by Gasteiger charge is 2.34. The molecule has 0 saturated carbocycles. The van der Waals surface area contributed by atoms with Crippen LogP contribution in [0.25, 0.3) is 0 Å². The lowest BCUT2D eigenvalue weighted by Crippen LogP contribution is -2.53. The van der Waals surface area contributed by atoms with Gasteiger partial charge in [0.05, 0.1) is 22.7 Å². The molecule has 4 rings (SSSR count). The second-order valence-corrected chi connectivity index (χ2v) is 12.3. The molecule has 0 heterocycles. The Balaban J connectivity index is 1.80. The summed E-state index contributed by atoms with van der Waals surface area (Å²) in [6.07, 6.45) is 0.208. The van der Waals surface area contributed by atoms with Gasteiger partial charge in [-0.15, -0.1) is 0 Å². The number of methoxy groups -OCH3 is 1. The minimum absolute atomic E-state index is 0.00821. The molecule has 2 amide bonds. The van der Waals surface area contributed by atoms with Gasteiger partial charge in [-0.25, -0.2) is 8.42 Å². The highest BCUT2D eigenvalue weighted by molar-refractivity contribution is 7.92. The molecule has 0 aliphatic heterocycles. The first-order chi connectivity index (χ1) is 20.6. The van der Waals surface area contributed by atoms with Crippen molar-refractivity contribution in [3.8, 4) is 5.75 Å². The second-order valence-electron chi connectivity index (χ2n) is 9.61. The lowest BCUT2D eigenvalue weighted by molar-refractivity contribution is -0.139. The van der Waals surface area contributed by atoms with Crippen LogP contribution in [0.5, 0.6) is 5.75 Å². The number of anilines is 1. The number of carbonyl (C=O) groups is 2. The number of amides is 2. The summed E-state index contributed by atoms with van der Waals surface area (Å²) in [5.41, 5.74) is 1.71. The Kier molecular flexibility index (Phi) is 10.7. The number of nitrogens with zero attached hydrogens (tertiary/aromatic N) is 2. The van der Waals surface area contributed by atoms with Crippen molar-refractivity contribution in [3.63, 3.8) is 0 Å². The van der Waals surface area contributed by atoms with E-state index in [9.17, 15) is 18.0 Å². The van der Waals surface area contributed by atoms with E-state index in [0.717, 1.165) is 9.87 Å². The molecular weight excluding hydrogens is 609 g/mol. The largest absolute Gasteiger partial charge is 0.495 e. The third kappa shape index (κ3) is 7.87. The fraction of sp³-hybridized carbons (Fsp3) is 0.188. The summed E-state index contributed by atoms with van der Waals surface area (Å²) in [5, 5.41) is 3.35. The van der Waals surface area contributed by atoms with E-state index in [4.69, 9.17) is 27.9 Å². The van der Waals surface area contributed by atoms with E-state index in [0.29, 0.717) is 16.3 Å². The number of likely N-dealkylation sites (N-methyl/N-ethyl adjacent to an activating group) is 1. The van der Waals surface area contributed by atoms with Gasteiger partial charge < -0.3 is 15.0 Å². The Bertz CT molecular complexity index is 1650. The van der Waals surface area contributed by atoms with Crippen molar-refractivity contribution in [3.05, 3.63) is 124 Å². The Labute approximate surface area is 261 Å². The summed E-state index contributed by atoms with van der Waals surface area (Å²) in [7, 11) is -1.30. The molecule has 1 atom stereocenters. The first kappa shape index (κ1) is 31.9. The number of hydrogen-bond donors (Lipinski definition) is 1. The van der Waals surface area contributed by atoms with Crippen molar-refractivity contribution in [2.75, 3.05) is 25.0 Å². The van der Waals surface area contributed by atoms with Crippen LogP contribution in [0.1, 0.15) is 11.1 Å². The van der Waals surface area contributed by atoms with Gasteiger partial charge in [0.2, 0.25) is 11.8 Å². The highest BCUT2D eigenvalue weighted by Crippen LogP contribution is 2.32. The zero-order valence-corrected chi connectivity index (χ0v) is 25.9. The van der Waals surface area contributed by atoms with Crippen LogP contribution in [0, 0.1) is 0 Å². The van der Waals surface area contributed by atoms with Crippen molar-refractivity contribution in [1.29, 1.82) is 0 Å². The van der Waals surface area contributed by atoms with E-state index in [2.05, 4.69) is 5.32 Å². The van der Waals surface area contributed by atoms with E-state index >= 15 is 0 Å². The van der Waals surface area contributed by atoms with Crippen LogP contribution in [0.15, 0.2) is 108 Å². The number of sulfonamides is 1. The maximum absolute atomic E-state index is 14.3. The number of benzene rings is 4. The van der Waals surface area contributed by atoms with Crippen molar-refractivity contribution in [1.82, 2.24) is 10.2 Å². The van der Waals surface area contributed by atoms with E-state index in [1.54, 1.807) is 42.5 Å². The van der Waals surface area contributed by atoms with Crippen molar-refractivity contribution >= 4 is 50.7 Å². The molecule has 0 aromatic heterocycles. The topological polar surface area (TPSA) is 96.0 Å². The Morgan fingerprint density at radius 1 is 0.860 bits per heavy atom. The fourth-order valence-electron chi connectivity index (χ4n) is 4.57. The van der Waals surface area contributed by atoms with Crippen LogP contribution in [-0.2, 0) is 32.6 Å². The number of rotatable bonds is 12.